The highest BCUT2D eigenvalue weighted by Crippen LogP contribution is 2.49. The topological polar surface area (TPSA) is 24.5 Å². The summed E-state index contributed by atoms with van der Waals surface area (Å²) in [4.78, 5) is 0. The van der Waals surface area contributed by atoms with Gasteiger partial charge in [-0.05, 0) is 130 Å². The van der Waals surface area contributed by atoms with E-state index in [1.54, 1.807) is 0 Å². The summed E-state index contributed by atoms with van der Waals surface area (Å²) in [5.41, 5.74) is 7.77. The largest absolute Gasteiger partial charge is 0.704 e. The Labute approximate surface area is 375 Å². The van der Waals surface area contributed by atoms with Crippen molar-refractivity contribution in [3.8, 4) is 11.5 Å². The Balaban J connectivity index is 1.39. The molecule has 2 fully saturated rings. The lowest BCUT2D eigenvalue weighted by molar-refractivity contribution is -0.928. The van der Waals surface area contributed by atoms with Gasteiger partial charge in [-0.15, -0.1) is 0 Å². The molecule has 2 aromatic carbocycles. The van der Waals surface area contributed by atoms with E-state index in [1.807, 2.05) is 0 Å². The number of rotatable bonds is 21. The molecular weight excluding hydrogens is 749 g/mol. The van der Waals surface area contributed by atoms with Gasteiger partial charge in [0.05, 0.1) is 63.5 Å². The van der Waals surface area contributed by atoms with E-state index in [0.717, 1.165) is 24.3 Å². The zero-order chi connectivity index (χ0) is 44.2. The fourth-order valence-electron chi connectivity index (χ4n) is 12.6. The van der Waals surface area contributed by atoms with Crippen LogP contribution in [0, 0.1) is 6.92 Å². The number of benzene rings is 2. The van der Waals surface area contributed by atoms with E-state index in [4.69, 9.17) is 9.47 Å². The number of hydrogen-bond acceptors (Lipinski definition) is 2. The lowest BCUT2D eigenvalue weighted by Crippen LogP contribution is -2.60. The molecule has 3 unspecified atom stereocenters. The minimum Gasteiger partial charge on any atom is -0.340 e. The molecule has 61 heavy (non-hydrogen) atoms. The molecule has 6 rings (SSSR count). The van der Waals surface area contributed by atoms with Crippen LogP contribution in [0.1, 0.15) is 212 Å². The molecule has 3 heterocycles. The Kier molecular flexibility index (Phi) is 15.3. The third-order valence-corrected chi connectivity index (χ3v) is 15.2. The SMILES string of the molecule is CCC[N+](CCC)(CCC)CCCC(CCC[N+](CCC)(CCC)CCC)c1cc(C)c2c(c1)C=[N+]1C3CCCCC3[N+]3=Cc4cc(C(C)(C)C)cc(C(C)(C)C)c4OC13O2. The Morgan fingerprint density at radius 2 is 1.03 bits per heavy atom. The van der Waals surface area contributed by atoms with Crippen LogP contribution in [0.3, 0.4) is 0 Å². The first-order valence-electron chi connectivity index (χ1n) is 25.7. The monoisotopic (exact) mass is 841 g/mol. The standard InChI is InChI=1S/C55H92N4O2/c1-14-28-58(29-15-2,30-16-3)34-22-24-43(25-23-35-59(31-17-4,32-18-5)33-19-6)44-36-42(7)51-45(37-44)40-56-49-26-20-21-27-50(49)57-41-46-38-47(53(8,9)10)39-48(54(11,12)13)52(46)61-55(56,57)60-51/h36-41,43,49-50H,14-35H2,1-13H3/q+4. The van der Waals surface area contributed by atoms with Crippen molar-refractivity contribution in [2.75, 3.05) is 52.4 Å². The predicted octanol–water partition coefficient (Wildman–Crippen LogP) is 12.6. The highest BCUT2D eigenvalue weighted by molar-refractivity contribution is 5.85. The van der Waals surface area contributed by atoms with Crippen molar-refractivity contribution in [3.05, 3.63) is 57.6 Å². The molecule has 3 atom stereocenters. The fraction of sp³-hybridized carbons (Fsp3) is 0.745. The van der Waals surface area contributed by atoms with Gasteiger partial charge in [-0.1, -0.05) is 104 Å². The zero-order valence-electron chi connectivity index (χ0n) is 41.9. The lowest BCUT2D eigenvalue weighted by Gasteiger charge is -2.39. The number of nitrogens with zero attached hydrogens (tertiary/aromatic N) is 4. The molecule has 0 amide bonds. The molecule has 1 spiro atoms. The molecule has 0 N–H and O–H groups in total. The molecule has 1 saturated carbocycles. The number of hydrogen-bond donors (Lipinski definition) is 0. The summed E-state index contributed by atoms with van der Waals surface area (Å²) in [7, 11) is 0. The van der Waals surface area contributed by atoms with Crippen LogP contribution in [-0.2, 0) is 10.8 Å². The first-order valence-corrected chi connectivity index (χ1v) is 25.7. The summed E-state index contributed by atoms with van der Waals surface area (Å²) in [6.07, 6.45) is 22.5. The van der Waals surface area contributed by atoms with Crippen LogP contribution in [0.2, 0.25) is 0 Å². The Hall–Kier alpha value is -2.70. The number of fused-ring (bicyclic) bond motifs is 5. The van der Waals surface area contributed by atoms with Gasteiger partial charge >= 0.3 is 6.03 Å². The summed E-state index contributed by atoms with van der Waals surface area (Å²) >= 11 is 0. The Bertz CT molecular complexity index is 1800. The van der Waals surface area contributed by atoms with Crippen LogP contribution < -0.4 is 9.47 Å². The normalized spacial score (nSPS) is 21.1. The minimum absolute atomic E-state index is 0.0364. The third-order valence-electron chi connectivity index (χ3n) is 15.2. The Morgan fingerprint density at radius 1 is 0.590 bits per heavy atom. The van der Waals surface area contributed by atoms with Gasteiger partial charge in [-0.25, -0.2) is 0 Å². The van der Waals surface area contributed by atoms with Crippen molar-refractivity contribution in [3.63, 3.8) is 0 Å². The summed E-state index contributed by atoms with van der Waals surface area (Å²) < 4.78 is 22.6. The molecule has 0 bridgehead atoms. The first-order chi connectivity index (χ1) is 29.0. The van der Waals surface area contributed by atoms with Gasteiger partial charge in [0.15, 0.2) is 23.9 Å². The minimum atomic E-state index is -1.02. The smallest absolute Gasteiger partial charge is 0.340 e. The molecule has 0 radical (unpaired) electrons. The molecule has 6 nitrogen and oxygen atoms in total. The van der Waals surface area contributed by atoms with Gasteiger partial charge in [0.2, 0.25) is 12.1 Å². The average molecular weight is 841 g/mol. The fourth-order valence-corrected chi connectivity index (χ4v) is 12.6. The third kappa shape index (κ3) is 10.0. The van der Waals surface area contributed by atoms with Crippen molar-refractivity contribution < 1.29 is 27.6 Å². The van der Waals surface area contributed by atoms with E-state index in [2.05, 4.69) is 136 Å². The molecule has 0 aromatic heterocycles. The second-order valence-electron chi connectivity index (χ2n) is 22.4. The van der Waals surface area contributed by atoms with Gasteiger partial charge in [-0.3, -0.25) is 0 Å². The van der Waals surface area contributed by atoms with Crippen LogP contribution in [0.25, 0.3) is 0 Å². The van der Waals surface area contributed by atoms with Crippen molar-refractivity contribution >= 4 is 12.4 Å². The average Bonchev–Trinajstić information content (AvgIpc) is 3.46. The first kappa shape index (κ1) is 47.8. The molecular formula is C55H92N4O2+4. The van der Waals surface area contributed by atoms with Crippen LogP contribution in [-0.4, -0.2) is 101 Å². The maximum Gasteiger partial charge on any atom is 0.704 e. The zero-order valence-corrected chi connectivity index (χ0v) is 41.9. The maximum atomic E-state index is 7.51. The van der Waals surface area contributed by atoms with E-state index >= 15 is 0 Å². The number of aryl methyl sites for hydroxylation is 1. The van der Waals surface area contributed by atoms with Gasteiger partial charge in [0.1, 0.15) is 0 Å². The molecule has 3 aliphatic heterocycles. The van der Waals surface area contributed by atoms with Gasteiger partial charge in [-0.2, -0.15) is 0 Å². The van der Waals surface area contributed by atoms with Crippen molar-refractivity contribution in [2.45, 2.75) is 215 Å². The van der Waals surface area contributed by atoms with Crippen LogP contribution in [0.4, 0.5) is 0 Å². The molecule has 1 saturated heterocycles. The second kappa shape index (κ2) is 19.6. The van der Waals surface area contributed by atoms with E-state index in [0.29, 0.717) is 18.0 Å². The summed E-state index contributed by atoms with van der Waals surface area (Å²) in [5.74, 6) is 2.53. The molecule has 1 aliphatic carbocycles. The van der Waals surface area contributed by atoms with Crippen molar-refractivity contribution in [2.24, 2.45) is 0 Å². The van der Waals surface area contributed by atoms with Crippen LogP contribution in [0.5, 0.6) is 11.5 Å². The summed E-state index contributed by atoms with van der Waals surface area (Å²) in [5, 5.41) is 0. The van der Waals surface area contributed by atoms with Gasteiger partial charge in [0.25, 0.3) is 0 Å². The van der Waals surface area contributed by atoms with Gasteiger partial charge in [0, 0.05) is 18.4 Å². The van der Waals surface area contributed by atoms with E-state index in [-0.39, 0.29) is 10.8 Å². The van der Waals surface area contributed by atoms with Crippen molar-refractivity contribution in [1.29, 1.82) is 0 Å². The van der Waals surface area contributed by atoms with Crippen LogP contribution in [0.15, 0.2) is 24.3 Å². The number of ether oxygens (including phenoxy) is 2. The van der Waals surface area contributed by atoms with Gasteiger partial charge < -0.3 is 18.4 Å². The van der Waals surface area contributed by atoms with E-state index in [1.165, 1.54) is 172 Å². The van der Waals surface area contributed by atoms with Crippen molar-refractivity contribution in [1.82, 2.24) is 0 Å². The quantitative estimate of drug-likeness (QED) is 0.0924. The maximum absolute atomic E-state index is 7.51. The summed E-state index contributed by atoms with van der Waals surface area (Å²) in [6, 6.07) is 9.54. The van der Waals surface area contributed by atoms with E-state index in [9.17, 15) is 0 Å². The molecule has 4 aliphatic rings. The molecule has 6 heteroatoms. The molecule has 340 valence electrons. The highest BCUT2D eigenvalue weighted by Gasteiger charge is 2.76. The predicted molar refractivity (Wildman–Crippen MR) is 258 cm³/mol. The van der Waals surface area contributed by atoms with E-state index < -0.39 is 6.03 Å². The summed E-state index contributed by atoms with van der Waals surface area (Å²) in [6.45, 7) is 41.1. The van der Waals surface area contributed by atoms with Crippen LogP contribution >= 0.6 is 0 Å². The lowest BCUT2D eigenvalue weighted by atomic mass is 9.79. The number of quaternary nitrogens is 2. The Morgan fingerprint density at radius 3 is 1.46 bits per heavy atom. The molecule has 2 aromatic rings. The second-order valence-corrected chi connectivity index (χ2v) is 22.4. The highest BCUT2D eigenvalue weighted by atomic mass is 16.7.